The largest absolute Gasteiger partial charge is 0.377 e. The summed E-state index contributed by atoms with van der Waals surface area (Å²) in [7, 11) is 0. The maximum Gasteiger partial charge on any atom is 0.0647 e. The number of nitrogens with one attached hydrogen (secondary N) is 1. The van der Waals surface area contributed by atoms with Gasteiger partial charge in [-0.25, -0.2) is 0 Å². The summed E-state index contributed by atoms with van der Waals surface area (Å²) in [6, 6.07) is 0. The van der Waals surface area contributed by atoms with E-state index in [9.17, 15) is 0 Å². The minimum Gasteiger partial charge on any atom is -0.377 e. The van der Waals surface area contributed by atoms with E-state index in [0.717, 1.165) is 38.6 Å². The summed E-state index contributed by atoms with van der Waals surface area (Å²) in [5, 5.41) is 3.38. The van der Waals surface area contributed by atoms with Crippen molar-refractivity contribution in [2.75, 3.05) is 26.3 Å². The zero-order valence-corrected chi connectivity index (χ0v) is 9.18. The highest BCUT2D eigenvalue weighted by atomic mass is 16.5. The lowest BCUT2D eigenvalue weighted by Gasteiger charge is -2.06. The van der Waals surface area contributed by atoms with Gasteiger partial charge in [-0.1, -0.05) is 26.0 Å². The molecule has 1 N–H and O–H groups in total. The molecular formula is C11H23NO. The third kappa shape index (κ3) is 11.7. The molecule has 2 heteroatoms. The first-order valence-corrected chi connectivity index (χ1v) is 5.17. The molecule has 0 aromatic rings. The van der Waals surface area contributed by atoms with Crippen LogP contribution in [0.2, 0.25) is 0 Å². The van der Waals surface area contributed by atoms with Crippen LogP contribution in [0.5, 0.6) is 0 Å². The molecule has 0 spiro atoms. The van der Waals surface area contributed by atoms with E-state index in [1.165, 1.54) is 0 Å². The van der Waals surface area contributed by atoms with Crippen molar-refractivity contribution >= 4 is 0 Å². The Morgan fingerprint density at radius 1 is 1.38 bits per heavy atom. The number of allylic oxidation sites excluding steroid dienone is 1. The van der Waals surface area contributed by atoms with Gasteiger partial charge in [-0.05, 0) is 32.4 Å². The van der Waals surface area contributed by atoms with Crippen molar-refractivity contribution in [2.45, 2.75) is 27.2 Å². The van der Waals surface area contributed by atoms with Crippen LogP contribution in [0.25, 0.3) is 0 Å². The van der Waals surface area contributed by atoms with Gasteiger partial charge in [0.05, 0.1) is 6.61 Å². The molecule has 0 aliphatic rings. The second-order valence-corrected chi connectivity index (χ2v) is 3.60. The molecule has 0 saturated carbocycles. The Morgan fingerprint density at radius 3 is 2.77 bits per heavy atom. The molecule has 0 saturated heterocycles. The Morgan fingerprint density at radius 2 is 2.15 bits per heavy atom. The lowest BCUT2D eigenvalue weighted by molar-refractivity contribution is 0.159. The standard InChI is InChI=1S/C11H23NO/c1-4-5-8-13-9-6-7-12-10-11(2)3/h4-5,11-12H,6-10H2,1-3H3. The summed E-state index contributed by atoms with van der Waals surface area (Å²) in [6.45, 7) is 10.2. The average molecular weight is 185 g/mol. The lowest BCUT2D eigenvalue weighted by Crippen LogP contribution is -2.21. The fourth-order valence-corrected chi connectivity index (χ4v) is 0.938. The molecule has 0 aliphatic heterocycles. The van der Waals surface area contributed by atoms with Crippen molar-refractivity contribution < 1.29 is 4.74 Å². The fraction of sp³-hybridized carbons (Fsp3) is 0.818. The van der Waals surface area contributed by atoms with Crippen LogP contribution in [0.15, 0.2) is 12.2 Å². The van der Waals surface area contributed by atoms with Crippen molar-refractivity contribution in [3.63, 3.8) is 0 Å². The van der Waals surface area contributed by atoms with E-state index in [2.05, 4.69) is 19.2 Å². The highest BCUT2D eigenvalue weighted by molar-refractivity contribution is 4.75. The first-order chi connectivity index (χ1) is 6.27. The molecule has 0 aromatic carbocycles. The van der Waals surface area contributed by atoms with Crippen LogP contribution < -0.4 is 5.32 Å². The highest BCUT2D eigenvalue weighted by Gasteiger charge is 1.91. The van der Waals surface area contributed by atoms with Crippen LogP contribution in [0.1, 0.15) is 27.2 Å². The van der Waals surface area contributed by atoms with Gasteiger partial charge in [0.25, 0.3) is 0 Å². The SMILES string of the molecule is CC=CCOCCCNCC(C)C. The summed E-state index contributed by atoms with van der Waals surface area (Å²) in [5.74, 6) is 0.740. The molecule has 0 unspecified atom stereocenters. The molecule has 0 aromatic heterocycles. The number of hydrogen-bond acceptors (Lipinski definition) is 2. The average Bonchev–Trinajstić information content (AvgIpc) is 2.09. The second-order valence-electron chi connectivity index (χ2n) is 3.60. The van der Waals surface area contributed by atoms with Gasteiger partial charge in [-0.3, -0.25) is 0 Å². The van der Waals surface area contributed by atoms with Crippen LogP contribution >= 0.6 is 0 Å². The van der Waals surface area contributed by atoms with E-state index >= 15 is 0 Å². The first kappa shape index (κ1) is 12.7. The topological polar surface area (TPSA) is 21.3 Å². The van der Waals surface area contributed by atoms with Crippen molar-refractivity contribution in [3.05, 3.63) is 12.2 Å². The van der Waals surface area contributed by atoms with Gasteiger partial charge in [0.2, 0.25) is 0 Å². The molecule has 0 heterocycles. The van der Waals surface area contributed by atoms with Crippen LogP contribution in [-0.4, -0.2) is 26.3 Å². The molecule has 0 bridgehead atoms. The zero-order valence-electron chi connectivity index (χ0n) is 9.18. The molecule has 78 valence electrons. The van der Waals surface area contributed by atoms with Gasteiger partial charge in [-0.2, -0.15) is 0 Å². The Kier molecular flexibility index (Phi) is 9.49. The van der Waals surface area contributed by atoms with Gasteiger partial charge >= 0.3 is 0 Å². The predicted molar refractivity (Wildman–Crippen MR) is 58.0 cm³/mol. The van der Waals surface area contributed by atoms with E-state index in [4.69, 9.17) is 4.74 Å². The van der Waals surface area contributed by atoms with Gasteiger partial charge in [-0.15, -0.1) is 0 Å². The molecule has 0 rings (SSSR count). The van der Waals surface area contributed by atoms with E-state index in [1.54, 1.807) is 0 Å². The predicted octanol–water partition coefficient (Wildman–Crippen LogP) is 2.21. The Balaban J connectivity index is 2.91. The van der Waals surface area contributed by atoms with E-state index in [-0.39, 0.29) is 0 Å². The normalized spacial score (nSPS) is 11.7. The van der Waals surface area contributed by atoms with E-state index in [1.807, 2.05) is 19.1 Å². The Bertz CT molecular complexity index is 121. The van der Waals surface area contributed by atoms with Crippen molar-refractivity contribution in [3.8, 4) is 0 Å². The summed E-state index contributed by atoms with van der Waals surface area (Å²) >= 11 is 0. The summed E-state index contributed by atoms with van der Waals surface area (Å²) in [4.78, 5) is 0. The first-order valence-electron chi connectivity index (χ1n) is 5.17. The third-order valence-corrected chi connectivity index (χ3v) is 1.64. The van der Waals surface area contributed by atoms with Gasteiger partial charge in [0.1, 0.15) is 0 Å². The van der Waals surface area contributed by atoms with Gasteiger partial charge in [0.15, 0.2) is 0 Å². The fourth-order valence-electron chi connectivity index (χ4n) is 0.938. The maximum atomic E-state index is 5.35. The number of rotatable bonds is 8. The summed E-state index contributed by atoms with van der Waals surface area (Å²) < 4.78 is 5.35. The zero-order chi connectivity index (χ0) is 9.94. The van der Waals surface area contributed by atoms with Crippen LogP contribution in [-0.2, 0) is 4.74 Å². The Labute approximate surface area is 82.4 Å². The van der Waals surface area contributed by atoms with Crippen molar-refractivity contribution in [1.82, 2.24) is 5.32 Å². The molecule has 2 nitrogen and oxygen atoms in total. The van der Waals surface area contributed by atoms with Crippen LogP contribution in [0, 0.1) is 5.92 Å². The minimum atomic E-state index is 0.740. The number of ether oxygens (including phenoxy) is 1. The quantitative estimate of drug-likeness (QED) is 0.462. The smallest absolute Gasteiger partial charge is 0.0647 e. The molecule has 0 aliphatic carbocycles. The van der Waals surface area contributed by atoms with Crippen molar-refractivity contribution in [1.29, 1.82) is 0 Å². The van der Waals surface area contributed by atoms with Gasteiger partial charge < -0.3 is 10.1 Å². The summed E-state index contributed by atoms with van der Waals surface area (Å²) in [6.07, 6.45) is 5.14. The summed E-state index contributed by atoms with van der Waals surface area (Å²) in [5.41, 5.74) is 0. The van der Waals surface area contributed by atoms with E-state index < -0.39 is 0 Å². The van der Waals surface area contributed by atoms with Gasteiger partial charge in [0, 0.05) is 6.61 Å². The molecule has 0 amide bonds. The Hall–Kier alpha value is -0.340. The number of hydrogen-bond donors (Lipinski definition) is 1. The maximum absolute atomic E-state index is 5.35. The molecule has 13 heavy (non-hydrogen) atoms. The van der Waals surface area contributed by atoms with Crippen LogP contribution in [0.3, 0.4) is 0 Å². The molecule has 0 atom stereocenters. The highest BCUT2D eigenvalue weighted by Crippen LogP contribution is 1.87. The molecular weight excluding hydrogens is 162 g/mol. The lowest BCUT2D eigenvalue weighted by atomic mass is 10.2. The third-order valence-electron chi connectivity index (χ3n) is 1.64. The van der Waals surface area contributed by atoms with E-state index in [0.29, 0.717) is 0 Å². The minimum absolute atomic E-state index is 0.740. The van der Waals surface area contributed by atoms with Crippen molar-refractivity contribution in [2.24, 2.45) is 5.92 Å². The second kappa shape index (κ2) is 9.75. The van der Waals surface area contributed by atoms with Crippen LogP contribution in [0.4, 0.5) is 0 Å². The molecule has 0 radical (unpaired) electrons. The monoisotopic (exact) mass is 185 g/mol. The molecule has 0 fully saturated rings.